The maximum absolute atomic E-state index is 2.40. The number of benzene rings is 9. The van der Waals surface area contributed by atoms with Crippen LogP contribution in [0.3, 0.4) is 0 Å². The Hall–Kier alpha value is -5.76. The van der Waals surface area contributed by atoms with Crippen molar-refractivity contribution in [2.45, 2.75) is 0 Å². The smallest absolute Gasteiger partial charge is 0.0440 e. The average Bonchev–Trinajstić information content (AvgIpc) is 3.54. The van der Waals surface area contributed by atoms with Crippen molar-refractivity contribution in [2.75, 3.05) is 0 Å². The fourth-order valence-electron chi connectivity index (χ4n) is 7.42. The molecule has 0 atom stereocenters. The summed E-state index contributed by atoms with van der Waals surface area (Å²) in [5, 5.41) is 13.1. The second-order valence-electron chi connectivity index (χ2n) is 12.5. The van der Waals surface area contributed by atoms with Crippen molar-refractivity contribution in [3.05, 3.63) is 170 Å². The van der Waals surface area contributed by atoms with Crippen LogP contribution in [0.1, 0.15) is 0 Å². The molecule has 218 valence electrons. The van der Waals surface area contributed by atoms with E-state index in [2.05, 4.69) is 170 Å². The Labute approximate surface area is 276 Å². The molecule has 0 aliphatic carbocycles. The predicted octanol–water partition coefficient (Wildman–Crippen LogP) is 13.7. The zero-order valence-electron chi connectivity index (χ0n) is 25.6. The van der Waals surface area contributed by atoms with Gasteiger partial charge in [-0.25, -0.2) is 0 Å². The van der Waals surface area contributed by atoms with Gasteiger partial charge in [0.1, 0.15) is 0 Å². The molecule has 0 N–H and O–H groups in total. The minimum Gasteiger partial charge on any atom is -0.135 e. The van der Waals surface area contributed by atoms with Gasteiger partial charge in [0.15, 0.2) is 0 Å². The number of hydrogen-bond acceptors (Lipinski definition) is 1. The maximum atomic E-state index is 2.40. The molecule has 0 radical (unpaired) electrons. The van der Waals surface area contributed by atoms with Gasteiger partial charge in [0.25, 0.3) is 0 Å². The van der Waals surface area contributed by atoms with E-state index in [1.807, 2.05) is 11.3 Å². The Kier molecular flexibility index (Phi) is 5.85. The quantitative estimate of drug-likeness (QED) is 0.174. The number of rotatable bonds is 3. The van der Waals surface area contributed by atoms with Crippen LogP contribution >= 0.6 is 11.3 Å². The van der Waals surface area contributed by atoms with Gasteiger partial charge in [-0.15, -0.1) is 11.3 Å². The molecule has 0 aliphatic rings. The summed E-state index contributed by atoms with van der Waals surface area (Å²) in [6.45, 7) is 0. The first-order valence-corrected chi connectivity index (χ1v) is 17.0. The van der Waals surface area contributed by atoms with Crippen LogP contribution in [0.4, 0.5) is 0 Å². The summed E-state index contributed by atoms with van der Waals surface area (Å²) in [6, 6.07) is 62.7. The van der Waals surface area contributed by atoms with E-state index in [4.69, 9.17) is 0 Å². The molecule has 1 aromatic heterocycles. The van der Waals surface area contributed by atoms with Gasteiger partial charge in [0.05, 0.1) is 0 Å². The summed E-state index contributed by atoms with van der Waals surface area (Å²) in [6.07, 6.45) is 0. The molecule has 0 bridgehead atoms. The topological polar surface area (TPSA) is 0 Å². The molecule has 0 amide bonds. The summed E-state index contributed by atoms with van der Waals surface area (Å²) in [5.41, 5.74) is 7.45. The highest BCUT2D eigenvalue weighted by molar-refractivity contribution is 7.27. The van der Waals surface area contributed by atoms with E-state index in [0.717, 1.165) is 0 Å². The lowest BCUT2D eigenvalue weighted by molar-refractivity contribution is 1.62. The minimum atomic E-state index is 1.23. The molecule has 10 aromatic rings. The normalized spacial score (nSPS) is 11.8. The Morgan fingerprint density at radius 3 is 1.36 bits per heavy atom. The van der Waals surface area contributed by atoms with Gasteiger partial charge in [-0.2, -0.15) is 0 Å². The van der Waals surface area contributed by atoms with Crippen molar-refractivity contribution in [3.8, 4) is 33.4 Å². The van der Waals surface area contributed by atoms with E-state index < -0.39 is 0 Å². The fourth-order valence-corrected chi connectivity index (χ4v) is 8.65. The van der Waals surface area contributed by atoms with Crippen LogP contribution in [-0.2, 0) is 0 Å². The highest BCUT2D eigenvalue weighted by Crippen LogP contribution is 2.45. The molecule has 0 nitrogen and oxygen atoms in total. The number of hydrogen-bond donors (Lipinski definition) is 0. The molecule has 1 heteroatoms. The lowest BCUT2D eigenvalue weighted by Crippen LogP contribution is -1.83. The van der Waals surface area contributed by atoms with E-state index in [-0.39, 0.29) is 0 Å². The van der Waals surface area contributed by atoms with Gasteiger partial charge < -0.3 is 0 Å². The fraction of sp³-hybridized carbons (Fsp3) is 0. The van der Waals surface area contributed by atoms with Crippen LogP contribution in [0, 0.1) is 0 Å². The van der Waals surface area contributed by atoms with Crippen LogP contribution in [0.25, 0.3) is 96.6 Å². The molecule has 0 spiro atoms. The number of fused-ring (bicyclic) bond motifs is 10. The molecule has 9 aromatic carbocycles. The Morgan fingerprint density at radius 1 is 0.277 bits per heavy atom. The molecule has 0 fully saturated rings. The molecular weight excluding hydrogens is 585 g/mol. The van der Waals surface area contributed by atoms with Crippen LogP contribution in [0.2, 0.25) is 0 Å². The van der Waals surface area contributed by atoms with Gasteiger partial charge in [-0.05, 0) is 101 Å². The van der Waals surface area contributed by atoms with E-state index >= 15 is 0 Å². The molecule has 1 heterocycles. The lowest BCUT2D eigenvalue weighted by atomic mass is 9.94. The second-order valence-corrected chi connectivity index (χ2v) is 13.6. The summed E-state index contributed by atoms with van der Waals surface area (Å²) >= 11 is 1.91. The van der Waals surface area contributed by atoms with Crippen molar-refractivity contribution in [1.82, 2.24) is 0 Å². The maximum Gasteiger partial charge on any atom is 0.0440 e. The first kappa shape index (κ1) is 26.5. The van der Waals surface area contributed by atoms with E-state index in [1.54, 1.807) is 0 Å². The molecule has 0 saturated heterocycles. The van der Waals surface area contributed by atoms with E-state index in [9.17, 15) is 0 Å². The van der Waals surface area contributed by atoms with Crippen LogP contribution in [0.5, 0.6) is 0 Å². The molecule has 0 aliphatic heterocycles. The molecule has 0 unspecified atom stereocenters. The highest BCUT2D eigenvalue weighted by atomic mass is 32.1. The standard InChI is InChI=1S/C46H28S/c1-2-8-32-25-34(18-17-29(32)7-1)37-22-21-35-26-33(19-20-36(35)27-37)30-13-15-31(16-14-30)38-23-24-44-43(28-38)45-41-11-5-3-9-39(41)40-10-4-6-12-42(40)46(45)47-44/h1-28H. The van der Waals surface area contributed by atoms with E-state index in [0.29, 0.717) is 0 Å². The van der Waals surface area contributed by atoms with Crippen LogP contribution in [-0.4, -0.2) is 0 Å². The Bertz CT molecular complexity index is 2830. The first-order chi connectivity index (χ1) is 23.3. The van der Waals surface area contributed by atoms with Crippen LogP contribution in [0.15, 0.2) is 170 Å². The van der Waals surface area contributed by atoms with Gasteiger partial charge in [-0.3, -0.25) is 0 Å². The molecule has 0 saturated carbocycles. The van der Waals surface area contributed by atoms with Crippen molar-refractivity contribution in [2.24, 2.45) is 0 Å². The Morgan fingerprint density at radius 2 is 0.702 bits per heavy atom. The van der Waals surface area contributed by atoms with E-state index in [1.165, 1.54) is 96.6 Å². The summed E-state index contributed by atoms with van der Waals surface area (Å²) in [4.78, 5) is 0. The van der Waals surface area contributed by atoms with Crippen molar-refractivity contribution in [1.29, 1.82) is 0 Å². The van der Waals surface area contributed by atoms with Gasteiger partial charge in [-0.1, -0.05) is 140 Å². The summed E-state index contributed by atoms with van der Waals surface area (Å²) in [7, 11) is 0. The molecular formula is C46H28S. The summed E-state index contributed by atoms with van der Waals surface area (Å²) < 4.78 is 2.71. The SMILES string of the molecule is c1ccc2cc(-c3ccc4cc(-c5ccc(-c6ccc7sc8c9ccccc9c9ccccc9c8c7c6)cc5)ccc4c3)ccc2c1. The third-order valence-electron chi connectivity index (χ3n) is 9.82. The van der Waals surface area contributed by atoms with Crippen molar-refractivity contribution < 1.29 is 0 Å². The third-order valence-corrected chi connectivity index (χ3v) is 11.0. The van der Waals surface area contributed by atoms with Gasteiger partial charge in [0.2, 0.25) is 0 Å². The minimum absolute atomic E-state index is 1.23. The predicted molar refractivity (Wildman–Crippen MR) is 206 cm³/mol. The monoisotopic (exact) mass is 612 g/mol. The largest absolute Gasteiger partial charge is 0.135 e. The Balaban J connectivity index is 1.01. The highest BCUT2D eigenvalue weighted by Gasteiger charge is 2.15. The lowest BCUT2D eigenvalue weighted by Gasteiger charge is -2.09. The zero-order chi connectivity index (χ0) is 30.9. The zero-order valence-corrected chi connectivity index (χ0v) is 26.4. The van der Waals surface area contributed by atoms with Gasteiger partial charge >= 0.3 is 0 Å². The second kappa shape index (κ2) is 10.4. The van der Waals surface area contributed by atoms with Crippen LogP contribution < -0.4 is 0 Å². The van der Waals surface area contributed by atoms with Gasteiger partial charge in [0, 0.05) is 25.6 Å². The molecule has 47 heavy (non-hydrogen) atoms. The summed E-state index contributed by atoms with van der Waals surface area (Å²) in [5.74, 6) is 0. The molecule has 10 rings (SSSR count). The van der Waals surface area contributed by atoms with Crippen molar-refractivity contribution >= 4 is 74.6 Å². The van der Waals surface area contributed by atoms with Crippen molar-refractivity contribution in [3.63, 3.8) is 0 Å². The average molecular weight is 613 g/mol. The first-order valence-electron chi connectivity index (χ1n) is 16.2. The third kappa shape index (κ3) is 4.28. The number of thiophene rings is 1.